The van der Waals surface area contributed by atoms with E-state index in [-0.39, 0.29) is 11.9 Å². The average Bonchev–Trinajstić information content (AvgIpc) is 2.94. The second-order valence-electron chi connectivity index (χ2n) is 7.24. The molecule has 0 saturated carbocycles. The van der Waals surface area contributed by atoms with Gasteiger partial charge >= 0.3 is 0 Å². The second kappa shape index (κ2) is 6.40. The van der Waals surface area contributed by atoms with Crippen LogP contribution in [0.2, 0.25) is 0 Å². The molecule has 1 aromatic heterocycles. The van der Waals surface area contributed by atoms with Gasteiger partial charge in [0.25, 0.3) is 0 Å². The van der Waals surface area contributed by atoms with Crippen LogP contribution in [0.25, 0.3) is 10.9 Å². The minimum absolute atomic E-state index is 0.124. The van der Waals surface area contributed by atoms with Gasteiger partial charge in [-0.15, -0.1) is 0 Å². The Bertz CT molecular complexity index is 938. The van der Waals surface area contributed by atoms with E-state index in [4.69, 9.17) is 0 Å². The molecule has 0 spiro atoms. The van der Waals surface area contributed by atoms with Crippen LogP contribution in [0.3, 0.4) is 0 Å². The second-order valence-corrected chi connectivity index (χ2v) is 7.24. The molecule has 1 aliphatic carbocycles. The van der Waals surface area contributed by atoms with Gasteiger partial charge in [0.1, 0.15) is 0 Å². The van der Waals surface area contributed by atoms with Gasteiger partial charge < -0.3 is 10.3 Å². The van der Waals surface area contributed by atoms with Crippen LogP contribution in [0.5, 0.6) is 0 Å². The zero-order valence-electron chi connectivity index (χ0n) is 14.9. The summed E-state index contributed by atoms with van der Waals surface area (Å²) in [6.07, 6.45) is 3.37. The van der Waals surface area contributed by atoms with Crippen molar-refractivity contribution < 1.29 is 4.79 Å². The number of nitrogens with one attached hydrogen (secondary N) is 2. The monoisotopic (exact) mass is 332 g/mol. The molecular formula is C22H24N2O. The van der Waals surface area contributed by atoms with E-state index in [0.717, 1.165) is 24.8 Å². The van der Waals surface area contributed by atoms with Crippen LogP contribution in [0.1, 0.15) is 34.4 Å². The van der Waals surface area contributed by atoms with Gasteiger partial charge in [-0.2, -0.15) is 0 Å². The van der Waals surface area contributed by atoms with E-state index in [2.05, 4.69) is 48.4 Å². The molecule has 1 heterocycles. The SMILES string of the molecule is Cc1ccc2[nH]c3c(c2c1)CC(NC(=O)Cc1ccccc1C)CC3. The molecule has 2 aromatic carbocycles. The van der Waals surface area contributed by atoms with Crippen LogP contribution in [0.4, 0.5) is 0 Å². The van der Waals surface area contributed by atoms with Crippen molar-refractivity contribution >= 4 is 16.8 Å². The van der Waals surface area contributed by atoms with Crippen molar-refractivity contribution in [3.63, 3.8) is 0 Å². The molecule has 3 aromatic rings. The molecule has 0 fully saturated rings. The molecule has 2 N–H and O–H groups in total. The Labute approximate surface area is 148 Å². The molecule has 1 amide bonds. The van der Waals surface area contributed by atoms with Crippen molar-refractivity contribution in [1.82, 2.24) is 10.3 Å². The molecule has 128 valence electrons. The summed E-state index contributed by atoms with van der Waals surface area (Å²) in [6.45, 7) is 4.19. The molecule has 4 rings (SSSR count). The van der Waals surface area contributed by atoms with Crippen LogP contribution in [-0.2, 0) is 24.1 Å². The van der Waals surface area contributed by atoms with E-state index >= 15 is 0 Å². The standard InChI is InChI=1S/C22H24N2O/c1-14-7-9-20-18(11-14)19-13-17(8-10-21(19)24-20)23-22(25)12-16-6-4-3-5-15(16)2/h3-7,9,11,17,24H,8,10,12-13H2,1-2H3,(H,23,25). The number of benzene rings is 2. The molecule has 1 aliphatic rings. The minimum atomic E-state index is 0.124. The normalized spacial score (nSPS) is 16.6. The Balaban J connectivity index is 1.49. The highest BCUT2D eigenvalue weighted by Crippen LogP contribution is 2.30. The quantitative estimate of drug-likeness (QED) is 0.748. The zero-order chi connectivity index (χ0) is 17.4. The molecule has 3 heteroatoms. The molecule has 3 nitrogen and oxygen atoms in total. The number of H-pyrrole nitrogens is 1. The van der Waals surface area contributed by atoms with Gasteiger partial charge in [-0.1, -0.05) is 35.9 Å². The van der Waals surface area contributed by atoms with Crippen molar-refractivity contribution in [1.29, 1.82) is 0 Å². The van der Waals surface area contributed by atoms with Crippen molar-refractivity contribution in [2.45, 2.75) is 45.6 Å². The van der Waals surface area contributed by atoms with Crippen LogP contribution in [-0.4, -0.2) is 16.9 Å². The number of amides is 1. The smallest absolute Gasteiger partial charge is 0.224 e. The Morgan fingerprint density at radius 3 is 2.88 bits per heavy atom. The topological polar surface area (TPSA) is 44.9 Å². The molecule has 0 bridgehead atoms. The average molecular weight is 332 g/mol. The van der Waals surface area contributed by atoms with Gasteiger partial charge in [0.2, 0.25) is 5.91 Å². The Kier molecular flexibility index (Phi) is 4.08. The third-order valence-corrected chi connectivity index (χ3v) is 5.32. The maximum absolute atomic E-state index is 12.5. The number of hydrogen-bond acceptors (Lipinski definition) is 1. The lowest BCUT2D eigenvalue weighted by atomic mass is 9.91. The fourth-order valence-electron chi connectivity index (χ4n) is 3.91. The highest BCUT2D eigenvalue weighted by Gasteiger charge is 2.23. The summed E-state index contributed by atoms with van der Waals surface area (Å²) in [6, 6.07) is 14.9. The predicted molar refractivity (Wildman–Crippen MR) is 102 cm³/mol. The number of fused-ring (bicyclic) bond motifs is 3. The first kappa shape index (κ1) is 15.9. The summed E-state index contributed by atoms with van der Waals surface area (Å²) in [7, 11) is 0. The number of aryl methyl sites for hydroxylation is 3. The Morgan fingerprint density at radius 2 is 2.04 bits per heavy atom. The molecule has 0 aliphatic heterocycles. The van der Waals surface area contributed by atoms with E-state index in [1.807, 2.05) is 18.2 Å². The van der Waals surface area contributed by atoms with E-state index in [0.29, 0.717) is 6.42 Å². The van der Waals surface area contributed by atoms with Crippen molar-refractivity contribution in [2.75, 3.05) is 0 Å². The fraction of sp³-hybridized carbons (Fsp3) is 0.318. The Hall–Kier alpha value is -2.55. The lowest BCUT2D eigenvalue weighted by Gasteiger charge is -2.24. The van der Waals surface area contributed by atoms with E-state index < -0.39 is 0 Å². The van der Waals surface area contributed by atoms with Crippen molar-refractivity contribution in [3.8, 4) is 0 Å². The van der Waals surface area contributed by atoms with Gasteiger partial charge in [0, 0.05) is 22.6 Å². The first-order valence-corrected chi connectivity index (χ1v) is 9.04. The van der Waals surface area contributed by atoms with Crippen LogP contribution < -0.4 is 5.32 Å². The third-order valence-electron chi connectivity index (χ3n) is 5.32. The number of aromatic amines is 1. The maximum atomic E-state index is 12.5. The first-order chi connectivity index (χ1) is 12.1. The largest absolute Gasteiger partial charge is 0.358 e. The molecule has 25 heavy (non-hydrogen) atoms. The number of carbonyl (C=O) groups excluding carboxylic acids is 1. The van der Waals surface area contributed by atoms with E-state index in [9.17, 15) is 4.79 Å². The summed E-state index contributed by atoms with van der Waals surface area (Å²) in [5.41, 5.74) is 7.49. The number of carbonyl (C=O) groups is 1. The summed E-state index contributed by atoms with van der Waals surface area (Å²) in [4.78, 5) is 16.0. The fourth-order valence-corrected chi connectivity index (χ4v) is 3.91. The highest BCUT2D eigenvalue weighted by atomic mass is 16.1. The lowest BCUT2D eigenvalue weighted by Crippen LogP contribution is -2.39. The molecule has 1 atom stereocenters. The first-order valence-electron chi connectivity index (χ1n) is 9.04. The summed E-state index contributed by atoms with van der Waals surface area (Å²) < 4.78 is 0. The van der Waals surface area contributed by atoms with Crippen LogP contribution in [0, 0.1) is 13.8 Å². The number of rotatable bonds is 3. The van der Waals surface area contributed by atoms with E-state index in [1.54, 1.807) is 0 Å². The molecule has 1 unspecified atom stereocenters. The van der Waals surface area contributed by atoms with Gasteiger partial charge in [-0.05, 0) is 61.9 Å². The Morgan fingerprint density at radius 1 is 1.20 bits per heavy atom. The minimum Gasteiger partial charge on any atom is -0.358 e. The maximum Gasteiger partial charge on any atom is 0.224 e. The molecular weight excluding hydrogens is 308 g/mol. The van der Waals surface area contributed by atoms with Crippen molar-refractivity contribution in [2.24, 2.45) is 0 Å². The van der Waals surface area contributed by atoms with Gasteiger partial charge in [0.15, 0.2) is 0 Å². The third kappa shape index (κ3) is 3.19. The molecule has 0 saturated heterocycles. The van der Waals surface area contributed by atoms with Gasteiger partial charge in [0.05, 0.1) is 6.42 Å². The van der Waals surface area contributed by atoms with Gasteiger partial charge in [-0.25, -0.2) is 0 Å². The summed E-state index contributed by atoms with van der Waals surface area (Å²) in [5, 5.41) is 4.56. The zero-order valence-corrected chi connectivity index (χ0v) is 14.9. The number of hydrogen-bond donors (Lipinski definition) is 2. The predicted octanol–water partition coefficient (Wildman–Crippen LogP) is 4.00. The number of aromatic nitrogens is 1. The van der Waals surface area contributed by atoms with Crippen LogP contribution >= 0.6 is 0 Å². The highest BCUT2D eigenvalue weighted by molar-refractivity contribution is 5.86. The van der Waals surface area contributed by atoms with Crippen LogP contribution in [0.15, 0.2) is 42.5 Å². The summed E-state index contributed by atoms with van der Waals surface area (Å²) >= 11 is 0. The lowest BCUT2D eigenvalue weighted by molar-refractivity contribution is -0.121. The van der Waals surface area contributed by atoms with Crippen molar-refractivity contribution in [3.05, 3.63) is 70.4 Å². The summed E-state index contributed by atoms with van der Waals surface area (Å²) in [5.74, 6) is 0.124. The van der Waals surface area contributed by atoms with E-state index in [1.165, 1.54) is 33.3 Å². The molecule has 0 radical (unpaired) electrons. The van der Waals surface area contributed by atoms with Gasteiger partial charge in [-0.3, -0.25) is 4.79 Å².